The number of benzene rings is 2. The molecular weight excluding hydrogens is 414 g/mol. The minimum absolute atomic E-state index is 0.228. The Hall–Kier alpha value is -2.27. The predicted molar refractivity (Wildman–Crippen MR) is 114 cm³/mol. The van der Waals surface area contributed by atoms with Crippen molar-refractivity contribution in [1.82, 2.24) is 4.90 Å². The number of guanidine groups is 1. The van der Waals surface area contributed by atoms with Crippen molar-refractivity contribution in [3.8, 4) is 5.75 Å². The second-order valence-corrected chi connectivity index (χ2v) is 9.46. The third kappa shape index (κ3) is 1.75. The Morgan fingerprint density at radius 3 is 2.86 bits per heavy atom. The van der Waals surface area contributed by atoms with E-state index in [1.165, 1.54) is 22.4 Å². The lowest BCUT2D eigenvalue weighted by molar-refractivity contribution is 0.0409. The highest BCUT2D eigenvalue weighted by Crippen LogP contribution is 2.68. The van der Waals surface area contributed by atoms with Gasteiger partial charge in [-0.15, -0.1) is 0 Å². The van der Waals surface area contributed by atoms with Gasteiger partial charge in [-0.2, -0.15) is 0 Å². The number of nitrogens with two attached hydrogens (primary N) is 1. The zero-order chi connectivity index (χ0) is 19.3. The van der Waals surface area contributed by atoms with Gasteiger partial charge in [0.1, 0.15) is 11.4 Å². The van der Waals surface area contributed by atoms with Crippen molar-refractivity contribution in [3.63, 3.8) is 0 Å². The maximum atomic E-state index is 6.78. The average molecular weight is 436 g/mol. The van der Waals surface area contributed by atoms with Gasteiger partial charge in [0.05, 0.1) is 5.70 Å². The average Bonchev–Trinajstić information content (AvgIpc) is 3.14. The first-order chi connectivity index (χ1) is 13.5. The summed E-state index contributed by atoms with van der Waals surface area (Å²) in [5.41, 5.74) is 12.0. The van der Waals surface area contributed by atoms with Crippen LogP contribution >= 0.6 is 15.9 Å². The van der Waals surface area contributed by atoms with Gasteiger partial charge in [0.15, 0.2) is 11.5 Å². The van der Waals surface area contributed by atoms with E-state index in [1.54, 1.807) is 0 Å². The summed E-state index contributed by atoms with van der Waals surface area (Å²) in [5, 5.41) is 0. The second-order valence-electron chi connectivity index (χ2n) is 8.54. The lowest BCUT2D eigenvalue weighted by atomic mass is 9.75. The summed E-state index contributed by atoms with van der Waals surface area (Å²) in [6.07, 6.45) is 2.78. The van der Waals surface area contributed by atoms with E-state index in [1.807, 2.05) is 6.07 Å². The van der Waals surface area contributed by atoms with Crippen LogP contribution in [0.4, 0.5) is 0 Å². The van der Waals surface area contributed by atoms with E-state index >= 15 is 0 Å². The fraction of sp³-hybridized carbons (Fsp3) is 0.348. The first-order valence-electron chi connectivity index (χ1n) is 9.92. The van der Waals surface area contributed by atoms with Crippen molar-refractivity contribution in [2.45, 2.75) is 50.3 Å². The topological polar surface area (TPSA) is 50.8 Å². The minimum atomic E-state index is -0.552. The van der Waals surface area contributed by atoms with Gasteiger partial charge in [0, 0.05) is 22.5 Å². The summed E-state index contributed by atoms with van der Waals surface area (Å²) >= 11 is 3.66. The van der Waals surface area contributed by atoms with E-state index in [-0.39, 0.29) is 6.04 Å². The molecule has 2 bridgehead atoms. The Morgan fingerprint density at radius 1 is 1.21 bits per heavy atom. The van der Waals surface area contributed by atoms with Gasteiger partial charge >= 0.3 is 0 Å². The number of halogens is 1. The third-order valence-electron chi connectivity index (χ3n) is 6.81. The molecule has 28 heavy (non-hydrogen) atoms. The number of hydrogen-bond acceptors (Lipinski definition) is 4. The molecule has 0 fully saturated rings. The molecule has 2 aliphatic heterocycles. The van der Waals surface area contributed by atoms with E-state index < -0.39 is 11.1 Å². The van der Waals surface area contributed by atoms with Crippen LogP contribution in [0.3, 0.4) is 0 Å². The highest BCUT2D eigenvalue weighted by molar-refractivity contribution is 9.10. The van der Waals surface area contributed by atoms with E-state index in [0.29, 0.717) is 5.96 Å². The van der Waals surface area contributed by atoms with Crippen LogP contribution in [0, 0.1) is 0 Å². The fourth-order valence-corrected chi connectivity index (χ4v) is 6.17. The summed E-state index contributed by atoms with van der Waals surface area (Å²) in [4.78, 5) is 7.43. The molecule has 0 radical (unpaired) electrons. The Labute approximate surface area is 173 Å². The molecule has 4 nitrogen and oxygen atoms in total. The van der Waals surface area contributed by atoms with Gasteiger partial charge in [0.25, 0.3) is 0 Å². The number of nitrogens with zero attached hydrogens (tertiary/aromatic N) is 2. The summed E-state index contributed by atoms with van der Waals surface area (Å²) in [5.74, 6) is 1.54. The van der Waals surface area contributed by atoms with Crippen LogP contribution in [0.1, 0.15) is 43.4 Å². The fourth-order valence-electron chi connectivity index (χ4n) is 5.81. The normalized spacial score (nSPS) is 29.1. The number of fused-ring (bicyclic) bond motifs is 4. The molecule has 2 N–H and O–H groups in total. The van der Waals surface area contributed by atoms with Crippen molar-refractivity contribution in [2.24, 2.45) is 10.7 Å². The Morgan fingerprint density at radius 2 is 2.04 bits per heavy atom. The molecule has 2 aromatic carbocycles. The summed E-state index contributed by atoms with van der Waals surface area (Å²) in [6, 6.07) is 15.3. The Balaban J connectivity index is 1.74. The molecule has 2 aromatic rings. The van der Waals surface area contributed by atoms with Crippen molar-refractivity contribution < 1.29 is 4.74 Å². The van der Waals surface area contributed by atoms with Gasteiger partial charge < -0.3 is 15.4 Å². The predicted octanol–water partition coefficient (Wildman–Crippen LogP) is 4.58. The highest BCUT2D eigenvalue weighted by Gasteiger charge is 2.71. The molecule has 2 unspecified atom stereocenters. The van der Waals surface area contributed by atoms with Crippen LogP contribution in [0.25, 0.3) is 5.57 Å². The van der Waals surface area contributed by atoms with Crippen molar-refractivity contribution in [1.29, 1.82) is 0 Å². The van der Waals surface area contributed by atoms with E-state index in [2.05, 4.69) is 71.1 Å². The molecular formula is C23H22BrN3O. The molecule has 4 aliphatic rings. The quantitative estimate of drug-likeness (QED) is 0.713. The second kappa shape index (κ2) is 5.20. The first kappa shape index (κ1) is 16.7. The van der Waals surface area contributed by atoms with E-state index in [0.717, 1.165) is 35.0 Å². The smallest absolute Gasteiger partial charge is 0.197 e. The molecule has 0 saturated carbocycles. The van der Waals surface area contributed by atoms with Gasteiger partial charge in [-0.1, -0.05) is 40.2 Å². The molecule has 6 rings (SSSR count). The molecule has 142 valence electrons. The first-order valence-corrected chi connectivity index (χ1v) is 10.7. The number of hydrogen-bond donors (Lipinski definition) is 1. The van der Waals surface area contributed by atoms with Crippen LogP contribution in [0.5, 0.6) is 5.75 Å². The Kier molecular flexibility index (Phi) is 3.10. The summed E-state index contributed by atoms with van der Waals surface area (Å²) in [7, 11) is 0. The third-order valence-corrected chi connectivity index (χ3v) is 7.31. The molecule has 2 aliphatic carbocycles. The summed E-state index contributed by atoms with van der Waals surface area (Å²) < 4.78 is 7.83. The van der Waals surface area contributed by atoms with Crippen LogP contribution < -0.4 is 10.5 Å². The zero-order valence-corrected chi connectivity index (χ0v) is 17.6. The maximum absolute atomic E-state index is 6.78. The van der Waals surface area contributed by atoms with Gasteiger partial charge in [-0.05, 0) is 61.6 Å². The molecule has 2 heterocycles. The van der Waals surface area contributed by atoms with Gasteiger partial charge in [0.2, 0.25) is 0 Å². The van der Waals surface area contributed by atoms with Crippen molar-refractivity contribution in [3.05, 3.63) is 69.3 Å². The zero-order valence-electron chi connectivity index (χ0n) is 16.0. The molecule has 2 atom stereocenters. The summed E-state index contributed by atoms with van der Waals surface area (Å²) in [6.45, 7) is 4.36. The standard InChI is InChI=1S/C23H22BrN3O/c1-13(2)27-20-17-12-22(10-9-14-5-3-4-6-16(14)17)23(20,26-21(27)25)18-11-15(24)7-8-19(18)28-22/h3-8,11,13H,9-10,12H2,1-2H3,(H2,25,26). The minimum Gasteiger partial charge on any atom is -0.483 e. The molecule has 0 saturated heterocycles. The van der Waals surface area contributed by atoms with Gasteiger partial charge in [-0.3, -0.25) is 0 Å². The van der Waals surface area contributed by atoms with Crippen molar-refractivity contribution >= 4 is 27.5 Å². The van der Waals surface area contributed by atoms with E-state index in [4.69, 9.17) is 15.5 Å². The van der Waals surface area contributed by atoms with Crippen LogP contribution in [-0.2, 0) is 12.0 Å². The lowest BCUT2D eigenvalue weighted by Gasteiger charge is -2.37. The Bertz CT molecular complexity index is 1100. The highest BCUT2D eigenvalue weighted by atomic mass is 79.9. The van der Waals surface area contributed by atoms with Crippen LogP contribution in [-0.4, -0.2) is 22.5 Å². The molecule has 0 amide bonds. The monoisotopic (exact) mass is 435 g/mol. The van der Waals surface area contributed by atoms with E-state index in [9.17, 15) is 0 Å². The number of rotatable bonds is 1. The molecule has 0 aromatic heterocycles. The number of ether oxygens (including phenoxy) is 1. The SMILES string of the molecule is CC(C)N1C(N)=NC23C1=C1CC2(CCc2ccccc21)Oc1ccc(Br)cc13. The number of aryl methyl sites for hydroxylation is 1. The molecule has 5 heteroatoms. The molecule has 2 spiro atoms. The maximum Gasteiger partial charge on any atom is 0.197 e. The lowest BCUT2D eigenvalue weighted by Crippen LogP contribution is -2.49. The van der Waals surface area contributed by atoms with Gasteiger partial charge in [-0.25, -0.2) is 4.99 Å². The number of aliphatic imine (C=N–C) groups is 1. The van der Waals surface area contributed by atoms with Crippen molar-refractivity contribution in [2.75, 3.05) is 0 Å². The largest absolute Gasteiger partial charge is 0.483 e. The van der Waals surface area contributed by atoms with Crippen LogP contribution in [0.2, 0.25) is 0 Å². The van der Waals surface area contributed by atoms with Crippen LogP contribution in [0.15, 0.2) is 57.6 Å².